The van der Waals surface area contributed by atoms with Gasteiger partial charge in [0.25, 0.3) is 5.91 Å². The smallest absolute Gasteiger partial charge is 0.308 e. The first kappa shape index (κ1) is 15.7. The number of aryl methyl sites for hydroxylation is 1. The molecule has 0 saturated heterocycles. The Hall–Kier alpha value is -3.21. The molecular formula is C19H16N2O3. The molecule has 24 heavy (non-hydrogen) atoms. The van der Waals surface area contributed by atoms with E-state index in [0.717, 1.165) is 5.56 Å². The second-order valence-electron chi connectivity index (χ2n) is 5.37. The molecule has 0 aliphatic rings. The number of carbonyl (C=O) groups is 2. The van der Waals surface area contributed by atoms with E-state index in [4.69, 9.17) is 4.74 Å². The molecule has 120 valence electrons. The summed E-state index contributed by atoms with van der Waals surface area (Å²) >= 11 is 0. The van der Waals surface area contributed by atoms with Crippen LogP contribution in [0.25, 0.3) is 10.9 Å². The number of anilines is 1. The number of pyridine rings is 1. The summed E-state index contributed by atoms with van der Waals surface area (Å²) in [6.07, 6.45) is 1.63. The molecule has 3 aromatic rings. The van der Waals surface area contributed by atoms with Crippen LogP contribution >= 0.6 is 0 Å². The van der Waals surface area contributed by atoms with Crippen molar-refractivity contribution in [2.24, 2.45) is 0 Å². The van der Waals surface area contributed by atoms with Crippen molar-refractivity contribution in [1.82, 2.24) is 4.98 Å². The van der Waals surface area contributed by atoms with E-state index in [2.05, 4.69) is 10.3 Å². The highest BCUT2D eigenvalue weighted by Crippen LogP contribution is 2.30. The van der Waals surface area contributed by atoms with Gasteiger partial charge in [-0.2, -0.15) is 0 Å². The molecule has 3 rings (SSSR count). The Morgan fingerprint density at radius 3 is 2.58 bits per heavy atom. The number of hydrogen-bond acceptors (Lipinski definition) is 4. The minimum absolute atomic E-state index is 0.208. The van der Waals surface area contributed by atoms with Crippen LogP contribution in [-0.4, -0.2) is 16.9 Å². The van der Waals surface area contributed by atoms with Crippen LogP contribution in [-0.2, 0) is 4.79 Å². The lowest BCUT2D eigenvalue weighted by Crippen LogP contribution is -2.14. The van der Waals surface area contributed by atoms with Gasteiger partial charge in [0, 0.05) is 24.1 Å². The summed E-state index contributed by atoms with van der Waals surface area (Å²) in [5, 5.41) is 3.54. The van der Waals surface area contributed by atoms with E-state index in [9.17, 15) is 9.59 Å². The molecule has 1 amide bonds. The summed E-state index contributed by atoms with van der Waals surface area (Å²) < 4.78 is 5.20. The van der Waals surface area contributed by atoms with Gasteiger partial charge >= 0.3 is 5.97 Å². The van der Waals surface area contributed by atoms with E-state index in [0.29, 0.717) is 27.9 Å². The van der Waals surface area contributed by atoms with Gasteiger partial charge in [-0.05, 0) is 42.8 Å². The van der Waals surface area contributed by atoms with Crippen molar-refractivity contribution in [2.45, 2.75) is 13.8 Å². The SMILES string of the molecule is CC(=O)Oc1ccc(NC(=O)c2ccccc2C)c2ncccc12. The molecule has 5 heteroatoms. The van der Waals surface area contributed by atoms with Crippen LogP contribution in [0.15, 0.2) is 54.7 Å². The van der Waals surface area contributed by atoms with Crippen LogP contribution in [0.1, 0.15) is 22.8 Å². The lowest BCUT2D eigenvalue weighted by Gasteiger charge is -2.12. The maximum absolute atomic E-state index is 12.5. The van der Waals surface area contributed by atoms with Gasteiger partial charge in [0.1, 0.15) is 5.75 Å². The highest BCUT2D eigenvalue weighted by atomic mass is 16.5. The predicted molar refractivity (Wildman–Crippen MR) is 92.2 cm³/mol. The molecule has 1 N–H and O–H groups in total. The topological polar surface area (TPSA) is 68.3 Å². The number of ether oxygens (including phenoxy) is 1. The van der Waals surface area contributed by atoms with E-state index in [-0.39, 0.29) is 5.91 Å². The molecule has 0 aliphatic heterocycles. The highest BCUT2D eigenvalue weighted by molar-refractivity contribution is 6.09. The first-order valence-electron chi connectivity index (χ1n) is 7.49. The van der Waals surface area contributed by atoms with Gasteiger partial charge < -0.3 is 10.1 Å². The van der Waals surface area contributed by atoms with Crippen LogP contribution in [0.5, 0.6) is 5.75 Å². The van der Waals surface area contributed by atoms with Gasteiger partial charge in [0.2, 0.25) is 0 Å². The number of aromatic nitrogens is 1. The number of amides is 1. The summed E-state index contributed by atoms with van der Waals surface area (Å²) in [4.78, 5) is 28.1. The third-order valence-electron chi connectivity index (χ3n) is 3.62. The average molecular weight is 320 g/mol. The number of nitrogens with zero attached hydrogens (tertiary/aromatic N) is 1. The fourth-order valence-corrected chi connectivity index (χ4v) is 2.51. The summed E-state index contributed by atoms with van der Waals surface area (Å²) in [7, 11) is 0. The summed E-state index contributed by atoms with van der Waals surface area (Å²) in [5.41, 5.74) is 2.63. The Labute approximate surface area is 139 Å². The molecule has 0 unspecified atom stereocenters. The Morgan fingerprint density at radius 1 is 1.04 bits per heavy atom. The van der Waals surface area contributed by atoms with Crippen LogP contribution in [0.2, 0.25) is 0 Å². The van der Waals surface area contributed by atoms with Crippen molar-refractivity contribution in [3.05, 3.63) is 65.9 Å². The maximum atomic E-state index is 12.5. The number of fused-ring (bicyclic) bond motifs is 1. The Morgan fingerprint density at radius 2 is 1.83 bits per heavy atom. The van der Waals surface area contributed by atoms with Crippen molar-refractivity contribution < 1.29 is 14.3 Å². The maximum Gasteiger partial charge on any atom is 0.308 e. The molecule has 0 bridgehead atoms. The Balaban J connectivity index is 2.00. The number of hydrogen-bond donors (Lipinski definition) is 1. The Bertz CT molecular complexity index is 935. The van der Waals surface area contributed by atoms with Gasteiger partial charge in [-0.25, -0.2) is 0 Å². The summed E-state index contributed by atoms with van der Waals surface area (Å²) in [5.74, 6) is -0.198. The van der Waals surface area contributed by atoms with Crippen molar-refractivity contribution >= 4 is 28.5 Å². The summed E-state index contributed by atoms with van der Waals surface area (Å²) in [6, 6.07) is 14.2. The average Bonchev–Trinajstić information content (AvgIpc) is 2.57. The van der Waals surface area contributed by atoms with Crippen molar-refractivity contribution in [3.63, 3.8) is 0 Å². The molecule has 0 spiro atoms. The van der Waals surface area contributed by atoms with Gasteiger partial charge in [-0.3, -0.25) is 14.6 Å². The summed E-state index contributed by atoms with van der Waals surface area (Å²) in [6.45, 7) is 3.23. The van der Waals surface area contributed by atoms with E-state index < -0.39 is 5.97 Å². The minimum atomic E-state index is -0.406. The van der Waals surface area contributed by atoms with Crippen molar-refractivity contribution in [2.75, 3.05) is 5.32 Å². The monoisotopic (exact) mass is 320 g/mol. The first-order chi connectivity index (χ1) is 11.6. The third-order valence-corrected chi connectivity index (χ3v) is 3.62. The number of carbonyl (C=O) groups excluding carboxylic acids is 2. The highest BCUT2D eigenvalue weighted by Gasteiger charge is 2.13. The second kappa shape index (κ2) is 6.50. The zero-order valence-electron chi connectivity index (χ0n) is 13.4. The molecule has 1 heterocycles. The van der Waals surface area contributed by atoms with Gasteiger partial charge in [0.15, 0.2) is 0 Å². The predicted octanol–water partition coefficient (Wildman–Crippen LogP) is 3.72. The number of rotatable bonds is 3. The van der Waals surface area contributed by atoms with E-state index in [1.165, 1.54) is 6.92 Å². The lowest BCUT2D eigenvalue weighted by atomic mass is 10.1. The van der Waals surface area contributed by atoms with Crippen molar-refractivity contribution in [3.8, 4) is 5.75 Å². The van der Waals surface area contributed by atoms with Crippen molar-refractivity contribution in [1.29, 1.82) is 0 Å². The van der Waals surface area contributed by atoms with E-state index >= 15 is 0 Å². The third kappa shape index (κ3) is 3.10. The Kier molecular flexibility index (Phi) is 4.24. The number of nitrogens with one attached hydrogen (secondary N) is 1. The zero-order chi connectivity index (χ0) is 17.1. The quantitative estimate of drug-likeness (QED) is 0.590. The molecule has 5 nitrogen and oxygen atoms in total. The lowest BCUT2D eigenvalue weighted by molar-refractivity contribution is -0.131. The molecule has 0 saturated carbocycles. The molecule has 1 aromatic heterocycles. The fraction of sp³-hybridized carbons (Fsp3) is 0.105. The van der Waals surface area contributed by atoms with E-state index in [1.807, 2.05) is 25.1 Å². The standard InChI is InChI=1S/C19H16N2O3/c1-12-6-3-4-7-14(12)19(23)21-16-9-10-17(24-13(2)22)15-8-5-11-20-18(15)16/h3-11H,1-2H3,(H,21,23). The largest absolute Gasteiger partial charge is 0.426 e. The van der Waals surface area contributed by atoms with Crippen LogP contribution in [0, 0.1) is 6.92 Å². The molecule has 2 aromatic carbocycles. The molecule has 0 radical (unpaired) electrons. The van der Waals surface area contributed by atoms with Crippen LogP contribution in [0.3, 0.4) is 0 Å². The minimum Gasteiger partial charge on any atom is -0.426 e. The van der Waals surface area contributed by atoms with Crippen LogP contribution < -0.4 is 10.1 Å². The van der Waals surface area contributed by atoms with Gasteiger partial charge in [-0.15, -0.1) is 0 Å². The first-order valence-corrected chi connectivity index (χ1v) is 7.49. The van der Waals surface area contributed by atoms with Gasteiger partial charge in [0.05, 0.1) is 11.2 Å². The number of esters is 1. The second-order valence-corrected chi connectivity index (χ2v) is 5.37. The van der Waals surface area contributed by atoms with Gasteiger partial charge in [-0.1, -0.05) is 18.2 Å². The fourth-order valence-electron chi connectivity index (χ4n) is 2.51. The number of benzene rings is 2. The zero-order valence-corrected chi connectivity index (χ0v) is 13.4. The molecule has 0 atom stereocenters. The molecule has 0 aliphatic carbocycles. The normalized spacial score (nSPS) is 10.4. The molecular weight excluding hydrogens is 304 g/mol. The van der Waals surface area contributed by atoms with Crippen LogP contribution in [0.4, 0.5) is 5.69 Å². The molecule has 0 fully saturated rings. The van der Waals surface area contributed by atoms with E-state index in [1.54, 1.807) is 36.5 Å².